The van der Waals surface area contributed by atoms with Crippen LogP contribution >= 0.6 is 0 Å². The number of hydrogen-bond acceptors (Lipinski definition) is 2. The van der Waals surface area contributed by atoms with Gasteiger partial charge in [-0.25, -0.2) is 0 Å². The van der Waals surface area contributed by atoms with Crippen LogP contribution in [0.4, 0.5) is 13.2 Å². The lowest BCUT2D eigenvalue weighted by Gasteiger charge is -2.14. The van der Waals surface area contributed by atoms with Crippen molar-refractivity contribution < 1.29 is 17.9 Å². The van der Waals surface area contributed by atoms with E-state index in [4.69, 9.17) is 0 Å². The smallest absolute Gasteiger partial charge is 0.372 e. The Hall–Kier alpha value is -0.290. The topological polar surface area (TPSA) is 21.3 Å². The fourth-order valence-electron chi connectivity index (χ4n) is 1.44. The van der Waals surface area contributed by atoms with Crippen LogP contribution in [0.25, 0.3) is 0 Å². The second-order valence-corrected chi connectivity index (χ2v) is 4.97. The molecule has 0 aliphatic carbocycles. The summed E-state index contributed by atoms with van der Waals surface area (Å²) >= 11 is 0. The molecule has 0 fully saturated rings. The lowest BCUT2D eigenvalue weighted by molar-refractivity contribution is -0.174. The normalized spacial score (nSPS) is 14.3. The zero-order valence-corrected chi connectivity index (χ0v) is 10.9. The molecule has 0 spiro atoms. The second-order valence-electron chi connectivity index (χ2n) is 4.97. The summed E-state index contributed by atoms with van der Waals surface area (Å²) in [6.45, 7) is 7.33. The van der Waals surface area contributed by atoms with Gasteiger partial charge in [0, 0.05) is 6.61 Å². The molecule has 2 nitrogen and oxygen atoms in total. The molecule has 104 valence electrons. The first-order valence-electron chi connectivity index (χ1n) is 6.16. The number of halogens is 3. The van der Waals surface area contributed by atoms with Crippen LogP contribution < -0.4 is 5.32 Å². The predicted molar refractivity (Wildman–Crippen MR) is 63.0 cm³/mol. The monoisotopic (exact) mass is 255 g/mol. The highest BCUT2D eigenvalue weighted by atomic mass is 19.4. The highest BCUT2D eigenvalue weighted by molar-refractivity contribution is 4.59. The standard InChI is InChI=1S/C12H24F3NO/c1-10(2)7-16-8-11(3)5-4-6-17-9-12(13,14)15/h10-11,16H,4-9H2,1-3H3. The third kappa shape index (κ3) is 13.6. The van der Waals surface area contributed by atoms with Crippen LogP contribution in [-0.2, 0) is 4.74 Å². The Bertz CT molecular complexity index is 183. The molecule has 0 aromatic carbocycles. The van der Waals surface area contributed by atoms with Crippen LogP contribution in [-0.4, -0.2) is 32.5 Å². The molecular formula is C12H24F3NO. The number of ether oxygens (including phenoxy) is 1. The van der Waals surface area contributed by atoms with E-state index in [1.807, 2.05) is 0 Å². The van der Waals surface area contributed by atoms with Gasteiger partial charge in [-0.15, -0.1) is 0 Å². The Morgan fingerprint density at radius 1 is 1.12 bits per heavy atom. The first kappa shape index (κ1) is 16.7. The molecule has 0 amide bonds. The first-order chi connectivity index (χ1) is 7.81. The van der Waals surface area contributed by atoms with Gasteiger partial charge in [0.25, 0.3) is 0 Å². The molecule has 0 aromatic heterocycles. The molecule has 17 heavy (non-hydrogen) atoms. The molecule has 0 aromatic rings. The van der Waals surface area contributed by atoms with Gasteiger partial charge in [-0.05, 0) is 37.8 Å². The van der Waals surface area contributed by atoms with Crippen molar-refractivity contribution in [3.8, 4) is 0 Å². The molecule has 1 unspecified atom stereocenters. The fraction of sp³-hybridized carbons (Fsp3) is 1.00. The number of rotatable bonds is 9. The third-order valence-corrected chi connectivity index (χ3v) is 2.30. The van der Waals surface area contributed by atoms with E-state index in [9.17, 15) is 13.2 Å². The number of nitrogens with one attached hydrogen (secondary N) is 1. The molecular weight excluding hydrogens is 231 g/mol. The fourth-order valence-corrected chi connectivity index (χ4v) is 1.44. The highest BCUT2D eigenvalue weighted by Gasteiger charge is 2.27. The quantitative estimate of drug-likeness (QED) is 0.639. The van der Waals surface area contributed by atoms with Crippen molar-refractivity contribution >= 4 is 0 Å². The van der Waals surface area contributed by atoms with E-state index in [0.717, 1.165) is 19.5 Å². The van der Waals surface area contributed by atoms with E-state index in [1.165, 1.54) is 0 Å². The minimum Gasteiger partial charge on any atom is -0.372 e. The van der Waals surface area contributed by atoms with Crippen LogP contribution in [0, 0.1) is 11.8 Å². The largest absolute Gasteiger partial charge is 0.411 e. The molecule has 0 radical (unpaired) electrons. The summed E-state index contributed by atoms with van der Waals surface area (Å²) < 4.78 is 39.8. The van der Waals surface area contributed by atoms with Crippen LogP contribution in [0.2, 0.25) is 0 Å². The Balaban J connectivity index is 3.30. The minimum absolute atomic E-state index is 0.189. The number of alkyl halides is 3. The zero-order valence-electron chi connectivity index (χ0n) is 10.9. The van der Waals surface area contributed by atoms with E-state index in [-0.39, 0.29) is 6.61 Å². The Morgan fingerprint density at radius 2 is 1.76 bits per heavy atom. The van der Waals surface area contributed by atoms with Crippen molar-refractivity contribution in [2.75, 3.05) is 26.3 Å². The highest BCUT2D eigenvalue weighted by Crippen LogP contribution is 2.14. The van der Waals surface area contributed by atoms with E-state index in [1.54, 1.807) is 0 Å². The van der Waals surface area contributed by atoms with Gasteiger partial charge in [-0.3, -0.25) is 0 Å². The summed E-state index contributed by atoms with van der Waals surface area (Å²) in [4.78, 5) is 0. The van der Waals surface area contributed by atoms with Crippen molar-refractivity contribution in [2.24, 2.45) is 11.8 Å². The molecule has 0 saturated carbocycles. The molecule has 0 saturated heterocycles. The minimum atomic E-state index is -4.20. The van der Waals surface area contributed by atoms with Crippen molar-refractivity contribution in [1.82, 2.24) is 5.32 Å². The second kappa shape index (κ2) is 8.75. The molecule has 0 rings (SSSR count). The lowest BCUT2D eigenvalue weighted by atomic mass is 10.1. The van der Waals surface area contributed by atoms with Gasteiger partial charge in [0.05, 0.1) is 0 Å². The molecule has 0 bridgehead atoms. The molecule has 1 N–H and O–H groups in total. The maximum Gasteiger partial charge on any atom is 0.411 e. The van der Waals surface area contributed by atoms with Gasteiger partial charge in [0.2, 0.25) is 0 Å². The van der Waals surface area contributed by atoms with E-state index in [0.29, 0.717) is 18.3 Å². The maximum atomic E-state index is 11.7. The molecule has 1 atom stereocenters. The van der Waals surface area contributed by atoms with Crippen LogP contribution in [0.15, 0.2) is 0 Å². The SMILES string of the molecule is CC(C)CNCC(C)CCCOCC(F)(F)F. The summed E-state index contributed by atoms with van der Waals surface area (Å²) in [6.07, 6.45) is -2.63. The van der Waals surface area contributed by atoms with E-state index < -0.39 is 12.8 Å². The summed E-state index contributed by atoms with van der Waals surface area (Å²) in [5.74, 6) is 1.10. The third-order valence-electron chi connectivity index (χ3n) is 2.30. The Labute approximate surface area is 102 Å². The van der Waals surface area contributed by atoms with E-state index in [2.05, 4.69) is 30.8 Å². The van der Waals surface area contributed by atoms with Crippen LogP contribution in [0.1, 0.15) is 33.6 Å². The number of hydrogen-bond donors (Lipinski definition) is 1. The van der Waals surface area contributed by atoms with Gasteiger partial charge in [0.1, 0.15) is 6.61 Å². The van der Waals surface area contributed by atoms with Crippen molar-refractivity contribution in [2.45, 2.75) is 39.8 Å². The maximum absolute atomic E-state index is 11.7. The van der Waals surface area contributed by atoms with Crippen LogP contribution in [0.3, 0.4) is 0 Å². The average molecular weight is 255 g/mol. The van der Waals surface area contributed by atoms with Gasteiger partial charge in [0.15, 0.2) is 0 Å². The van der Waals surface area contributed by atoms with Crippen molar-refractivity contribution in [1.29, 1.82) is 0 Å². The first-order valence-corrected chi connectivity index (χ1v) is 6.16. The summed E-state index contributed by atoms with van der Waals surface area (Å²) in [5, 5.41) is 3.33. The van der Waals surface area contributed by atoms with Gasteiger partial charge in [-0.1, -0.05) is 20.8 Å². The molecule has 0 aliphatic rings. The molecule has 5 heteroatoms. The van der Waals surface area contributed by atoms with Crippen LogP contribution in [0.5, 0.6) is 0 Å². The van der Waals surface area contributed by atoms with Crippen molar-refractivity contribution in [3.63, 3.8) is 0 Å². The summed E-state index contributed by atoms with van der Waals surface area (Å²) in [5.41, 5.74) is 0. The predicted octanol–water partition coefficient (Wildman–Crippen LogP) is 3.23. The van der Waals surface area contributed by atoms with Gasteiger partial charge >= 0.3 is 6.18 Å². The lowest BCUT2D eigenvalue weighted by Crippen LogP contribution is -2.25. The van der Waals surface area contributed by atoms with Crippen molar-refractivity contribution in [3.05, 3.63) is 0 Å². The Morgan fingerprint density at radius 3 is 2.29 bits per heavy atom. The molecule has 0 aliphatic heterocycles. The summed E-state index contributed by atoms with van der Waals surface area (Å²) in [7, 11) is 0. The van der Waals surface area contributed by atoms with E-state index >= 15 is 0 Å². The molecule has 0 heterocycles. The van der Waals surface area contributed by atoms with Gasteiger partial charge in [-0.2, -0.15) is 13.2 Å². The average Bonchev–Trinajstić information content (AvgIpc) is 2.14. The Kier molecular flexibility index (Phi) is 8.60. The van der Waals surface area contributed by atoms with Gasteiger partial charge < -0.3 is 10.1 Å². The zero-order chi connectivity index (χ0) is 13.3. The summed E-state index contributed by atoms with van der Waals surface area (Å²) in [6, 6.07) is 0.